The Labute approximate surface area is 118 Å². The molecule has 0 unspecified atom stereocenters. The van der Waals surface area contributed by atoms with Crippen molar-refractivity contribution in [2.24, 2.45) is 7.05 Å². The Morgan fingerprint density at radius 2 is 2.35 bits per heavy atom. The van der Waals surface area contributed by atoms with Crippen LogP contribution in [0.5, 0.6) is 0 Å². The number of hydrogen-bond donors (Lipinski definition) is 1. The Morgan fingerprint density at radius 1 is 1.55 bits per heavy atom. The highest BCUT2D eigenvalue weighted by Gasteiger charge is 2.20. The van der Waals surface area contributed by atoms with Crippen LogP contribution in [0.25, 0.3) is 0 Å². The van der Waals surface area contributed by atoms with E-state index in [2.05, 4.69) is 30.8 Å². The molecular weight excluding hydrogens is 284 g/mol. The van der Waals surface area contributed by atoms with Crippen LogP contribution < -0.4 is 5.32 Å². The zero-order valence-electron chi connectivity index (χ0n) is 10.8. The number of aromatic nitrogens is 6. The second-order valence-corrected chi connectivity index (χ2v) is 4.71. The fourth-order valence-electron chi connectivity index (χ4n) is 1.28. The minimum absolute atomic E-state index is 0.181. The van der Waals surface area contributed by atoms with Gasteiger partial charge in [-0.15, -0.1) is 5.10 Å². The molecular formula is C9H12N8O2S. The van der Waals surface area contributed by atoms with Crippen molar-refractivity contribution >= 4 is 23.4 Å². The van der Waals surface area contributed by atoms with Gasteiger partial charge < -0.3 is 5.32 Å². The van der Waals surface area contributed by atoms with Crippen molar-refractivity contribution < 1.29 is 4.92 Å². The molecule has 0 spiro atoms. The minimum Gasteiger partial charge on any atom is -0.354 e. The number of tetrazole rings is 1. The third-order valence-corrected chi connectivity index (χ3v) is 3.26. The van der Waals surface area contributed by atoms with Gasteiger partial charge in [-0.2, -0.15) is 4.98 Å². The predicted octanol–water partition coefficient (Wildman–Crippen LogP) is 0.881. The standard InChI is InChI=1S/C9H12N8O2S/c1-3-4-10-8-11-5-6(17(18)19)7(12-8)20-9-13-14-15-16(9)2/h5H,3-4H2,1-2H3,(H,10,11,12). The summed E-state index contributed by atoms with van der Waals surface area (Å²) in [5, 5.41) is 25.5. The lowest BCUT2D eigenvalue weighted by atomic mass is 10.5. The topological polar surface area (TPSA) is 125 Å². The summed E-state index contributed by atoms with van der Waals surface area (Å²) in [6.45, 7) is 2.69. The number of anilines is 1. The minimum atomic E-state index is -0.532. The molecule has 0 aromatic carbocycles. The second kappa shape index (κ2) is 6.23. The molecule has 0 radical (unpaired) electrons. The summed E-state index contributed by atoms with van der Waals surface area (Å²) in [6.07, 6.45) is 2.08. The first-order valence-electron chi connectivity index (χ1n) is 5.77. The third-order valence-electron chi connectivity index (χ3n) is 2.23. The molecule has 2 heterocycles. The number of nitro groups is 1. The number of nitrogens with zero attached hydrogens (tertiary/aromatic N) is 7. The highest BCUT2D eigenvalue weighted by atomic mass is 32.2. The van der Waals surface area contributed by atoms with Crippen molar-refractivity contribution in [1.82, 2.24) is 30.2 Å². The molecule has 0 bridgehead atoms. The molecule has 20 heavy (non-hydrogen) atoms. The fourth-order valence-corrected chi connectivity index (χ4v) is 2.06. The van der Waals surface area contributed by atoms with Crippen LogP contribution in [0.2, 0.25) is 0 Å². The molecule has 106 valence electrons. The van der Waals surface area contributed by atoms with Crippen molar-refractivity contribution in [3.8, 4) is 0 Å². The van der Waals surface area contributed by atoms with Crippen LogP contribution in [-0.4, -0.2) is 41.6 Å². The Balaban J connectivity index is 2.31. The molecule has 11 heteroatoms. The maximum atomic E-state index is 11.0. The van der Waals surface area contributed by atoms with Gasteiger partial charge in [0.05, 0.1) is 4.92 Å². The van der Waals surface area contributed by atoms with Crippen molar-refractivity contribution in [3.05, 3.63) is 16.3 Å². The Morgan fingerprint density at radius 3 is 2.95 bits per heavy atom. The van der Waals surface area contributed by atoms with Crippen LogP contribution in [0.15, 0.2) is 16.4 Å². The summed E-state index contributed by atoms with van der Waals surface area (Å²) in [4.78, 5) is 18.5. The number of aryl methyl sites for hydroxylation is 1. The summed E-state index contributed by atoms with van der Waals surface area (Å²) in [6, 6.07) is 0. The van der Waals surface area contributed by atoms with Crippen LogP contribution >= 0.6 is 11.8 Å². The van der Waals surface area contributed by atoms with E-state index in [1.165, 1.54) is 10.9 Å². The first kappa shape index (κ1) is 14.1. The highest BCUT2D eigenvalue weighted by molar-refractivity contribution is 7.99. The van der Waals surface area contributed by atoms with E-state index in [0.717, 1.165) is 18.2 Å². The lowest BCUT2D eigenvalue weighted by Crippen LogP contribution is -2.06. The first-order valence-corrected chi connectivity index (χ1v) is 6.59. The van der Waals surface area contributed by atoms with Crippen molar-refractivity contribution in [1.29, 1.82) is 0 Å². The van der Waals surface area contributed by atoms with Crippen LogP contribution in [-0.2, 0) is 7.05 Å². The predicted molar refractivity (Wildman–Crippen MR) is 70.4 cm³/mol. The van der Waals surface area contributed by atoms with Gasteiger partial charge in [0.2, 0.25) is 11.1 Å². The van der Waals surface area contributed by atoms with Gasteiger partial charge in [-0.1, -0.05) is 6.92 Å². The first-order chi connectivity index (χ1) is 9.61. The lowest BCUT2D eigenvalue weighted by molar-refractivity contribution is -0.388. The second-order valence-electron chi connectivity index (χ2n) is 3.76. The smallest absolute Gasteiger partial charge is 0.320 e. The molecule has 2 aromatic heterocycles. The van der Waals surface area contributed by atoms with Crippen LogP contribution in [0.1, 0.15) is 13.3 Å². The van der Waals surface area contributed by atoms with Crippen molar-refractivity contribution in [2.45, 2.75) is 23.5 Å². The van der Waals surface area contributed by atoms with Gasteiger partial charge in [-0.25, -0.2) is 9.67 Å². The molecule has 0 aliphatic carbocycles. The third kappa shape index (κ3) is 3.17. The van der Waals surface area contributed by atoms with Gasteiger partial charge in [-0.3, -0.25) is 10.1 Å². The van der Waals surface area contributed by atoms with E-state index in [9.17, 15) is 10.1 Å². The SMILES string of the molecule is CCCNc1ncc([N+](=O)[O-])c(Sc2nnnn2C)n1. The summed E-state index contributed by atoms with van der Waals surface area (Å²) in [7, 11) is 1.64. The molecule has 2 aromatic rings. The van der Waals surface area contributed by atoms with Crippen molar-refractivity contribution in [2.75, 3.05) is 11.9 Å². The Bertz CT molecular complexity index is 616. The summed E-state index contributed by atoms with van der Waals surface area (Å²) in [5.41, 5.74) is -0.181. The van der Waals surface area contributed by atoms with Gasteiger partial charge >= 0.3 is 5.69 Å². The Kier molecular flexibility index (Phi) is 4.40. The summed E-state index contributed by atoms with van der Waals surface area (Å²) >= 11 is 1.02. The Hall–Kier alpha value is -2.30. The van der Waals surface area contributed by atoms with E-state index in [0.29, 0.717) is 17.6 Å². The number of hydrogen-bond acceptors (Lipinski definition) is 9. The molecule has 0 aliphatic rings. The molecule has 0 fully saturated rings. The van der Waals surface area contributed by atoms with Gasteiger partial charge in [0.25, 0.3) is 0 Å². The molecule has 0 atom stereocenters. The largest absolute Gasteiger partial charge is 0.354 e. The fraction of sp³-hybridized carbons (Fsp3) is 0.444. The van der Waals surface area contributed by atoms with Gasteiger partial charge in [0.1, 0.15) is 6.20 Å². The van der Waals surface area contributed by atoms with E-state index in [1.54, 1.807) is 7.05 Å². The number of nitrogens with one attached hydrogen (secondary N) is 1. The molecule has 0 saturated carbocycles. The van der Waals surface area contributed by atoms with E-state index < -0.39 is 4.92 Å². The monoisotopic (exact) mass is 296 g/mol. The molecule has 0 amide bonds. The van der Waals surface area contributed by atoms with Gasteiger partial charge in [0.15, 0.2) is 5.03 Å². The van der Waals surface area contributed by atoms with Crippen LogP contribution in [0.4, 0.5) is 11.6 Å². The molecule has 1 N–H and O–H groups in total. The molecule has 2 rings (SSSR count). The van der Waals surface area contributed by atoms with Gasteiger partial charge in [0, 0.05) is 13.6 Å². The molecule has 10 nitrogen and oxygen atoms in total. The van der Waals surface area contributed by atoms with Crippen molar-refractivity contribution in [3.63, 3.8) is 0 Å². The van der Waals surface area contributed by atoms with E-state index in [-0.39, 0.29) is 10.7 Å². The zero-order chi connectivity index (χ0) is 14.5. The quantitative estimate of drug-likeness (QED) is 0.469. The van der Waals surface area contributed by atoms with E-state index >= 15 is 0 Å². The summed E-state index contributed by atoms with van der Waals surface area (Å²) in [5.74, 6) is 0.343. The normalized spacial score (nSPS) is 10.5. The molecule has 0 saturated heterocycles. The maximum absolute atomic E-state index is 11.0. The van der Waals surface area contributed by atoms with Crippen LogP contribution in [0.3, 0.4) is 0 Å². The average Bonchev–Trinajstić information content (AvgIpc) is 2.82. The number of rotatable bonds is 6. The van der Waals surface area contributed by atoms with Gasteiger partial charge in [-0.05, 0) is 28.6 Å². The van der Waals surface area contributed by atoms with E-state index in [1.807, 2.05) is 6.92 Å². The lowest BCUT2D eigenvalue weighted by Gasteiger charge is -2.05. The maximum Gasteiger partial charge on any atom is 0.320 e. The molecule has 0 aliphatic heterocycles. The summed E-state index contributed by atoms with van der Waals surface area (Å²) < 4.78 is 1.41. The zero-order valence-corrected chi connectivity index (χ0v) is 11.7. The highest BCUT2D eigenvalue weighted by Crippen LogP contribution is 2.31. The average molecular weight is 296 g/mol. The van der Waals surface area contributed by atoms with E-state index in [4.69, 9.17) is 0 Å². The van der Waals surface area contributed by atoms with Crippen LogP contribution in [0, 0.1) is 10.1 Å².